The molecule has 0 aliphatic carbocycles. The second kappa shape index (κ2) is 6.77. The lowest BCUT2D eigenvalue weighted by Crippen LogP contribution is -2.03. The normalized spacial score (nSPS) is 10.8. The Morgan fingerprint density at radius 1 is 1.20 bits per heavy atom. The van der Waals surface area contributed by atoms with Crippen molar-refractivity contribution in [3.8, 4) is 0 Å². The number of ketones is 1. The van der Waals surface area contributed by atoms with E-state index < -0.39 is 0 Å². The number of Topliss-reactive ketones (excluding diaryl/α,β-unsaturated/α-hetero) is 1. The molecule has 2 N–H and O–H groups in total. The molecule has 0 radical (unpaired) electrons. The average molecular weight is 289 g/mol. The third-order valence-electron chi connectivity index (χ3n) is 3.16. The number of rotatable bonds is 6. The van der Waals surface area contributed by atoms with E-state index in [4.69, 9.17) is 5.11 Å². The number of hydrogen-bond acceptors (Lipinski definition) is 3. The highest BCUT2D eigenvalue weighted by Gasteiger charge is 2.11. The van der Waals surface area contributed by atoms with Crippen molar-refractivity contribution in [1.29, 1.82) is 0 Å². The molecule has 1 aromatic carbocycles. The third kappa shape index (κ3) is 3.74. The number of carbonyl (C=O) groups excluding carboxylic acids is 1. The molecular formula is C16H19NO2S. The Hall–Kier alpha value is -1.52. The molecule has 0 bridgehead atoms. The molecule has 0 saturated carbocycles. The molecule has 0 fully saturated rings. The number of nitrogens with one attached hydrogen (secondary N) is 1. The molecular weight excluding hydrogens is 270 g/mol. The second-order valence-electron chi connectivity index (χ2n) is 4.88. The van der Waals surface area contributed by atoms with Crippen LogP contribution in [-0.4, -0.2) is 21.6 Å². The Labute approximate surface area is 123 Å². The summed E-state index contributed by atoms with van der Waals surface area (Å²) in [6.45, 7) is 3.95. The van der Waals surface area contributed by atoms with E-state index in [1.807, 2.05) is 44.2 Å². The van der Waals surface area contributed by atoms with Gasteiger partial charge in [0.25, 0.3) is 0 Å². The maximum absolute atomic E-state index is 12.1. The zero-order chi connectivity index (χ0) is 14.5. The first-order chi connectivity index (χ1) is 9.60. The van der Waals surface area contributed by atoms with E-state index in [2.05, 4.69) is 4.98 Å². The molecule has 2 rings (SSSR count). The maximum Gasteiger partial charge on any atom is 0.174 e. The Morgan fingerprint density at radius 3 is 2.40 bits per heavy atom. The van der Waals surface area contributed by atoms with Gasteiger partial charge in [-0.2, -0.15) is 0 Å². The van der Waals surface area contributed by atoms with Crippen molar-refractivity contribution < 1.29 is 9.90 Å². The Bertz CT molecular complexity index is 587. The molecule has 0 amide bonds. The number of aliphatic hydroxyl groups is 1. The van der Waals surface area contributed by atoms with Crippen molar-refractivity contribution in [3.63, 3.8) is 0 Å². The summed E-state index contributed by atoms with van der Waals surface area (Å²) in [5.74, 6) is 1.46. The predicted molar refractivity (Wildman–Crippen MR) is 83.1 cm³/mol. The summed E-state index contributed by atoms with van der Waals surface area (Å²) in [4.78, 5) is 15.3. The topological polar surface area (TPSA) is 53.1 Å². The Kier molecular flexibility index (Phi) is 5.04. The van der Waals surface area contributed by atoms with E-state index in [-0.39, 0.29) is 12.4 Å². The highest BCUT2D eigenvalue weighted by atomic mass is 32.2. The van der Waals surface area contributed by atoms with Gasteiger partial charge in [-0.3, -0.25) is 4.79 Å². The minimum Gasteiger partial charge on any atom is -0.392 e. The average Bonchev–Trinajstić information content (AvgIpc) is 2.78. The fourth-order valence-corrected chi connectivity index (χ4v) is 2.96. The van der Waals surface area contributed by atoms with Gasteiger partial charge in [0.05, 0.1) is 12.4 Å². The molecule has 1 heterocycles. The van der Waals surface area contributed by atoms with Gasteiger partial charge in [-0.1, -0.05) is 24.3 Å². The minimum absolute atomic E-state index is 0.0675. The number of aliphatic hydroxyl groups excluding tert-OH is 1. The quantitative estimate of drug-likeness (QED) is 0.803. The number of aryl methyl sites for hydroxylation is 2. The number of thioether (sulfide) groups is 1. The molecule has 106 valence electrons. The summed E-state index contributed by atoms with van der Waals surface area (Å²) in [6.07, 6.45) is 0. The molecule has 3 nitrogen and oxygen atoms in total. The van der Waals surface area contributed by atoms with E-state index in [1.54, 1.807) is 11.8 Å². The number of aromatic amines is 1. The van der Waals surface area contributed by atoms with Gasteiger partial charge >= 0.3 is 0 Å². The van der Waals surface area contributed by atoms with Crippen LogP contribution in [0.1, 0.15) is 32.9 Å². The smallest absolute Gasteiger partial charge is 0.174 e. The lowest BCUT2D eigenvalue weighted by Gasteiger charge is -2.03. The van der Waals surface area contributed by atoms with Crippen LogP contribution in [0.4, 0.5) is 0 Å². The third-order valence-corrected chi connectivity index (χ3v) is 4.16. The molecule has 0 atom stereocenters. The van der Waals surface area contributed by atoms with Crippen LogP contribution in [0.5, 0.6) is 0 Å². The van der Waals surface area contributed by atoms with E-state index in [1.165, 1.54) is 5.56 Å². The highest BCUT2D eigenvalue weighted by Crippen LogP contribution is 2.17. The fraction of sp³-hybridized carbons (Fsp3) is 0.312. The molecule has 4 heteroatoms. The number of H-pyrrole nitrogens is 1. The van der Waals surface area contributed by atoms with Crippen LogP contribution in [0, 0.1) is 13.8 Å². The number of hydrogen-bond donors (Lipinski definition) is 2. The van der Waals surface area contributed by atoms with Gasteiger partial charge in [-0.05, 0) is 31.0 Å². The summed E-state index contributed by atoms with van der Waals surface area (Å²) in [7, 11) is 0. The number of aromatic nitrogens is 1. The van der Waals surface area contributed by atoms with E-state index in [0.717, 1.165) is 28.3 Å². The van der Waals surface area contributed by atoms with E-state index in [0.29, 0.717) is 5.75 Å². The molecule has 0 saturated heterocycles. The molecule has 1 aromatic heterocycles. The molecule has 0 aliphatic rings. The SMILES string of the molecule is Cc1cc(C(=O)CSCc2ccc(CO)cc2)c(C)[nH]1. The van der Waals surface area contributed by atoms with Crippen LogP contribution in [0.3, 0.4) is 0 Å². The zero-order valence-corrected chi connectivity index (χ0v) is 12.6. The largest absolute Gasteiger partial charge is 0.392 e. The van der Waals surface area contributed by atoms with Crippen LogP contribution in [0.25, 0.3) is 0 Å². The fourth-order valence-electron chi connectivity index (χ4n) is 2.09. The van der Waals surface area contributed by atoms with Crippen molar-refractivity contribution in [2.45, 2.75) is 26.2 Å². The van der Waals surface area contributed by atoms with Gasteiger partial charge < -0.3 is 10.1 Å². The molecule has 0 aliphatic heterocycles. The monoisotopic (exact) mass is 289 g/mol. The molecule has 20 heavy (non-hydrogen) atoms. The number of benzene rings is 1. The van der Waals surface area contributed by atoms with Crippen LogP contribution in [-0.2, 0) is 12.4 Å². The second-order valence-corrected chi connectivity index (χ2v) is 5.87. The van der Waals surface area contributed by atoms with Crippen LogP contribution in [0.2, 0.25) is 0 Å². The zero-order valence-electron chi connectivity index (χ0n) is 11.8. The van der Waals surface area contributed by atoms with Gasteiger partial charge in [0.2, 0.25) is 0 Å². The van der Waals surface area contributed by atoms with Gasteiger partial charge in [-0.15, -0.1) is 11.8 Å². The predicted octanol–water partition coefficient (Wildman–Crippen LogP) is 3.24. The van der Waals surface area contributed by atoms with Crippen LogP contribution < -0.4 is 0 Å². The van der Waals surface area contributed by atoms with Crippen molar-refractivity contribution in [1.82, 2.24) is 4.98 Å². The summed E-state index contributed by atoms with van der Waals surface area (Å²) in [5, 5.41) is 8.98. The lowest BCUT2D eigenvalue weighted by molar-refractivity contribution is 0.102. The van der Waals surface area contributed by atoms with Crippen LogP contribution in [0.15, 0.2) is 30.3 Å². The first-order valence-corrected chi connectivity index (χ1v) is 7.71. The van der Waals surface area contributed by atoms with E-state index >= 15 is 0 Å². The Balaban J connectivity index is 1.86. The summed E-state index contributed by atoms with van der Waals surface area (Å²) in [6, 6.07) is 9.73. The molecule has 0 spiro atoms. The molecule has 2 aromatic rings. The summed E-state index contributed by atoms with van der Waals surface area (Å²) < 4.78 is 0. The van der Waals surface area contributed by atoms with Gasteiger partial charge in [-0.25, -0.2) is 0 Å². The van der Waals surface area contributed by atoms with Crippen molar-refractivity contribution in [2.24, 2.45) is 0 Å². The van der Waals surface area contributed by atoms with Crippen molar-refractivity contribution in [2.75, 3.05) is 5.75 Å². The van der Waals surface area contributed by atoms with Gasteiger partial charge in [0, 0.05) is 22.7 Å². The standard InChI is InChI=1S/C16H19NO2S/c1-11-7-15(12(2)17-11)16(19)10-20-9-14-5-3-13(8-18)4-6-14/h3-7,17-18H,8-10H2,1-2H3. The van der Waals surface area contributed by atoms with Gasteiger partial charge in [0.1, 0.15) is 0 Å². The van der Waals surface area contributed by atoms with Crippen LogP contribution >= 0.6 is 11.8 Å². The van der Waals surface area contributed by atoms with Crippen molar-refractivity contribution in [3.05, 3.63) is 58.4 Å². The Morgan fingerprint density at radius 2 is 1.85 bits per heavy atom. The van der Waals surface area contributed by atoms with Gasteiger partial charge in [0.15, 0.2) is 5.78 Å². The number of carbonyl (C=O) groups is 1. The summed E-state index contributed by atoms with van der Waals surface area (Å²) >= 11 is 1.61. The van der Waals surface area contributed by atoms with E-state index in [9.17, 15) is 4.79 Å². The highest BCUT2D eigenvalue weighted by molar-refractivity contribution is 7.99. The summed E-state index contributed by atoms with van der Waals surface area (Å²) in [5.41, 5.74) is 4.84. The lowest BCUT2D eigenvalue weighted by atomic mass is 10.2. The maximum atomic E-state index is 12.1. The van der Waals surface area contributed by atoms with Crippen molar-refractivity contribution >= 4 is 17.5 Å². The first-order valence-electron chi connectivity index (χ1n) is 6.56. The first kappa shape index (κ1) is 14.9. The minimum atomic E-state index is 0.0675. The molecule has 0 unspecified atom stereocenters.